The van der Waals surface area contributed by atoms with E-state index in [0.717, 1.165) is 12.8 Å². The Hall–Kier alpha value is -1.06. The zero-order valence-corrected chi connectivity index (χ0v) is 7.64. The predicted octanol–water partition coefficient (Wildman–Crippen LogP) is -0.00451. The van der Waals surface area contributed by atoms with Crippen LogP contribution < -0.4 is 10.6 Å². The topological polar surface area (TPSA) is 58.2 Å². The lowest BCUT2D eigenvalue weighted by molar-refractivity contribution is -0.125. The van der Waals surface area contributed by atoms with E-state index in [1.54, 1.807) is 0 Å². The molecule has 1 heterocycles. The van der Waals surface area contributed by atoms with Gasteiger partial charge in [-0.25, -0.2) is 0 Å². The van der Waals surface area contributed by atoms with Gasteiger partial charge in [0.2, 0.25) is 11.8 Å². The maximum Gasteiger partial charge on any atom is 0.242 e. The molecule has 1 aliphatic heterocycles. The van der Waals surface area contributed by atoms with E-state index >= 15 is 0 Å². The van der Waals surface area contributed by atoms with Gasteiger partial charge >= 0.3 is 0 Å². The van der Waals surface area contributed by atoms with Gasteiger partial charge in [0.1, 0.15) is 6.04 Å². The minimum atomic E-state index is -0.308. The van der Waals surface area contributed by atoms with Crippen molar-refractivity contribution in [1.82, 2.24) is 10.6 Å². The molecule has 73 valence electrons. The molecule has 2 amide bonds. The third kappa shape index (κ3) is 3.05. The maximum atomic E-state index is 11.3. The van der Waals surface area contributed by atoms with Crippen LogP contribution in [0.1, 0.15) is 25.7 Å². The van der Waals surface area contributed by atoms with Crippen molar-refractivity contribution in [3.63, 3.8) is 0 Å². The van der Waals surface area contributed by atoms with E-state index in [1.165, 1.54) is 0 Å². The third-order valence-corrected chi connectivity index (χ3v) is 2.04. The van der Waals surface area contributed by atoms with Crippen LogP contribution in [0.25, 0.3) is 0 Å². The van der Waals surface area contributed by atoms with Gasteiger partial charge in [-0.3, -0.25) is 9.59 Å². The number of hydrogen-bond acceptors (Lipinski definition) is 2. The molecule has 0 saturated carbocycles. The molecular formula is C9H15N2O2. The molecule has 4 heteroatoms. The van der Waals surface area contributed by atoms with Crippen molar-refractivity contribution < 1.29 is 9.59 Å². The van der Waals surface area contributed by atoms with Crippen molar-refractivity contribution >= 4 is 11.8 Å². The van der Waals surface area contributed by atoms with Gasteiger partial charge in [-0.2, -0.15) is 0 Å². The molecular weight excluding hydrogens is 168 g/mol. The lowest BCUT2D eigenvalue weighted by Crippen LogP contribution is -2.41. The Morgan fingerprint density at radius 2 is 2.46 bits per heavy atom. The molecule has 1 aliphatic rings. The SMILES string of the molecule is [CH2]CCCNC(=O)C1CCC(=O)N1. The standard InChI is InChI=1S/C9H15N2O2/c1-2-3-6-10-9(13)7-4-5-8(12)11-7/h7H,1-6H2,(H,10,13)(H,11,12). The van der Waals surface area contributed by atoms with Crippen molar-refractivity contribution in [2.75, 3.05) is 6.54 Å². The monoisotopic (exact) mass is 183 g/mol. The Labute approximate surface area is 78.1 Å². The van der Waals surface area contributed by atoms with Crippen LogP contribution in [-0.4, -0.2) is 24.4 Å². The van der Waals surface area contributed by atoms with Crippen molar-refractivity contribution in [1.29, 1.82) is 0 Å². The first kappa shape index (κ1) is 10.0. The Balaban J connectivity index is 2.20. The van der Waals surface area contributed by atoms with Crippen LogP contribution in [0.3, 0.4) is 0 Å². The number of nitrogens with one attached hydrogen (secondary N) is 2. The highest BCUT2D eigenvalue weighted by molar-refractivity contribution is 5.90. The predicted molar refractivity (Wildman–Crippen MR) is 48.8 cm³/mol. The lowest BCUT2D eigenvalue weighted by atomic mass is 10.2. The molecule has 0 aliphatic carbocycles. The van der Waals surface area contributed by atoms with Crippen molar-refractivity contribution in [2.45, 2.75) is 31.7 Å². The molecule has 1 radical (unpaired) electrons. The zero-order valence-electron chi connectivity index (χ0n) is 7.64. The van der Waals surface area contributed by atoms with E-state index in [0.29, 0.717) is 19.4 Å². The second-order valence-corrected chi connectivity index (χ2v) is 3.16. The van der Waals surface area contributed by atoms with Gasteiger partial charge < -0.3 is 10.6 Å². The second-order valence-electron chi connectivity index (χ2n) is 3.16. The molecule has 0 spiro atoms. The first-order chi connectivity index (χ1) is 6.24. The maximum absolute atomic E-state index is 11.3. The fourth-order valence-corrected chi connectivity index (χ4v) is 1.27. The van der Waals surface area contributed by atoms with E-state index in [4.69, 9.17) is 0 Å². The minimum absolute atomic E-state index is 0.0303. The molecule has 0 aromatic carbocycles. The largest absolute Gasteiger partial charge is 0.354 e. The first-order valence-corrected chi connectivity index (χ1v) is 4.60. The van der Waals surface area contributed by atoms with Crippen LogP contribution in [0.5, 0.6) is 0 Å². The van der Waals surface area contributed by atoms with Gasteiger partial charge in [-0.15, -0.1) is 0 Å². The van der Waals surface area contributed by atoms with E-state index in [2.05, 4.69) is 17.6 Å². The quantitative estimate of drug-likeness (QED) is 0.602. The van der Waals surface area contributed by atoms with Crippen LogP contribution >= 0.6 is 0 Å². The van der Waals surface area contributed by atoms with E-state index in [-0.39, 0.29) is 17.9 Å². The van der Waals surface area contributed by atoms with Gasteiger partial charge in [0.25, 0.3) is 0 Å². The van der Waals surface area contributed by atoms with Gasteiger partial charge in [0.05, 0.1) is 0 Å². The van der Waals surface area contributed by atoms with Crippen LogP contribution in [0, 0.1) is 6.92 Å². The summed E-state index contributed by atoms with van der Waals surface area (Å²) in [5.41, 5.74) is 0. The Kier molecular flexibility index (Phi) is 3.73. The normalized spacial score (nSPS) is 21.3. The van der Waals surface area contributed by atoms with Crippen LogP contribution in [0.2, 0.25) is 0 Å². The molecule has 1 fully saturated rings. The molecule has 0 aromatic heterocycles. The Morgan fingerprint density at radius 1 is 1.69 bits per heavy atom. The molecule has 1 saturated heterocycles. The Bertz CT molecular complexity index is 204. The van der Waals surface area contributed by atoms with Crippen LogP contribution in [0.15, 0.2) is 0 Å². The molecule has 1 rings (SSSR count). The van der Waals surface area contributed by atoms with Crippen molar-refractivity contribution in [2.24, 2.45) is 0 Å². The van der Waals surface area contributed by atoms with E-state index in [9.17, 15) is 9.59 Å². The smallest absolute Gasteiger partial charge is 0.242 e. The van der Waals surface area contributed by atoms with E-state index in [1.807, 2.05) is 0 Å². The first-order valence-electron chi connectivity index (χ1n) is 4.60. The van der Waals surface area contributed by atoms with Crippen LogP contribution in [0.4, 0.5) is 0 Å². The summed E-state index contributed by atoms with van der Waals surface area (Å²) in [5.74, 6) is -0.100. The van der Waals surface area contributed by atoms with Gasteiger partial charge in [-0.1, -0.05) is 13.3 Å². The highest BCUT2D eigenvalue weighted by Gasteiger charge is 2.26. The minimum Gasteiger partial charge on any atom is -0.354 e. The highest BCUT2D eigenvalue weighted by Crippen LogP contribution is 2.05. The van der Waals surface area contributed by atoms with E-state index < -0.39 is 0 Å². The molecule has 0 aromatic rings. The summed E-state index contributed by atoms with van der Waals surface area (Å²) in [7, 11) is 0. The average molecular weight is 183 g/mol. The zero-order chi connectivity index (χ0) is 9.68. The molecule has 2 N–H and O–H groups in total. The second kappa shape index (κ2) is 4.84. The third-order valence-electron chi connectivity index (χ3n) is 2.04. The summed E-state index contributed by atoms with van der Waals surface area (Å²) < 4.78 is 0. The lowest BCUT2D eigenvalue weighted by Gasteiger charge is -2.09. The van der Waals surface area contributed by atoms with Crippen molar-refractivity contribution in [3.8, 4) is 0 Å². The summed E-state index contributed by atoms with van der Waals surface area (Å²) in [6.07, 6.45) is 2.78. The average Bonchev–Trinajstić information content (AvgIpc) is 2.52. The molecule has 1 atom stereocenters. The van der Waals surface area contributed by atoms with Gasteiger partial charge in [-0.05, 0) is 12.8 Å². The molecule has 4 nitrogen and oxygen atoms in total. The number of amides is 2. The Morgan fingerprint density at radius 3 is 3.00 bits per heavy atom. The number of carbonyl (C=O) groups is 2. The summed E-state index contributed by atoms with van der Waals surface area (Å²) >= 11 is 0. The van der Waals surface area contributed by atoms with Crippen molar-refractivity contribution in [3.05, 3.63) is 6.92 Å². The number of rotatable bonds is 4. The summed E-state index contributed by atoms with van der Waals surface area (Å²) in [6.45, 7) is 4.32. The van der Waals surface area contributed by atoms with Crippen LogP contribution in [-0.2, 0) is 9.59 Å². The molecule has 1 unspecified atom stereocenters. The highest BCUT2D eigenvalue weighted by atomic mass is 16.2. The van der Waals surface area contributed by atoms with Gasteiger partial charge in [0, 0.05) is 13.0 Å². The fourth-order valence-electron chi connectivity index (χ4n) is 1.27. The summed E-state index contributed by atoms with van der Waals surface area (Å²) in [5, 5.41) is 5.37. The molecule has 13 heavy (non-hydrogen) atoms. The summed E-state index contributed by atoms with van der Waals surface area (Å²) in [6, 6.07) is -0.308. The summed E-state index contributed by atoms with van der Waals surface area (Å²) in [4.78, 5) is 22.1. The van der Waals surface area contributed by atoms with Gasteiger partial charge in [0.15, 0.2) is 0 Å². The fraction of sp³-hybridized carbons (Fsp3) is 0.667. The molecule has 0 bridgehead atoms. The number of carbonyl (C=O) groups excluding carboxylic acids is 2. The number of hydrogen-bond donors (Lipinski definition) is 2. The number of unbranched alkanes of at least 4 members (excludes halogenated alkanes) is 1.